The van der Waals surface area contributed by atoms with Crippen molar-refractivity contribution < 1.29 is 49.3 Å². The number of aliphatic hydroxyl groups excluding tert-OH is 5. The summed E-state index contributed by atoms with van der Waals surface area (Å²) in [5.41, 5.74) is 0. The number of aliphatic hydroxyl groups is 5. The Balaban J connectivity index is 2.48. The van der Waals surface area contributed by atoms with Gasteiger partial charge in [-0.1, -0.05) is 359 Å². The fraction of sp³-hybridized carbons (Fsp3) is 0.901. The smallest absolute Gasteiger partial charge is 0.306 e. The molecule has 1 saturated heterocycles. The van der Waals surface area contributed by atoms with Crippen molar-refractivity contribution in [2.24, 2.45) is 0 Å². The zero-order valence-electron chi connectivity index (χ0n) is 60.7. The summed E-state index contributed by atoms with van der Waals surface area (Å²) < 4.78 is 17.8. The lowest BCUT2D eigenvalue weighted by molar-refractivity contribution is -0.305. The largest absolute Gasteiger partial charge is 0.454 e. The molecule has 0 saturated carbocycles. The minimum absolute atomic E-state index is 0.129. The monoisotopic (exact) mass is 1300 g/mol. The summed E-state index contributed by atoms with van der Waals surface area (Å²) in [6.45, 7) is 5.86. The number of carbonyl (C=O) groups is 2. The van der Waals surface area contributed by atoms with Gasteiger partial charge in [-0.25, -0.2) is 0 Å². The van der Waals surface area contributed by atoms with Crippen molar-refractivity contribution in [3.8, 4) is 0 Å². The summed E-state index contributed by atoms with van der Waals surface area (Å²) >= 11 is 0. The first-order valence-electron chi connectivity index (χ1n) is 40.3. The normalized spacial score (nSPS) is 18.0. The van der Waals surface area contributed by atoms with Crippen LogP contribution >= 0.6 is 0 Å². The molecule has 542 valence electrons. The van der Waals surface area contributed by atoms with Crippen molar-refractivity contribution in [1.82, 2.24) is 5.32 Å². The Labute approximate surface area is 568 Å². The van der Waals surface area contributed by atoms with Crippen LogP contribution in [0.25, 0.3) is 0 Å². The fourth-order valence-corrected chi connectivity index (χ4v) is 12.9. The predicted molar refractivity (Wildman–Crippen MR) is 389 cm³/mol. The Morgan fingerprint density at radius 2 is 0.717 bits per heavy atom. The lowest BCUT2D eigenvalue weighted by atomic mass is 9.99. The van der Waals surface area contributed by atoms with E-state index >= 15 is 0 Å². The number of unbranched alkanes of at least 4 members (excludes halogenated alkanes) is 53. The standard InChI is InChI=1S/C81H153NO10/c1-4-7-10-13-16-19-22-25-27-29-31-33-35-37-39-40-42-44-46-48-50-53-56-59-62-65-68-74(85)80(89)82-72(73(84)67-64-61-58-55-52-24-21-18-15-12-9-6-3)71-90-81-79(78(88)77(87)75(70-83)91-81)92-76(86)69-66-63-60-57-54-51-49-47-45-43-41-38-36-34-32-30-28-26-23-20-17-14-11-8-5-2/h25-28,64,67,72-75,77-79,81,83-85,87-88H,4-24,29-63,65-66,68-71H2,1-3H3,(H,82,89)/b27-25+,28-26+,67-64+. The number of esters is 1. The van der Waals surface area contributed by atoms with Crippen molar-refractivity contribution >= 4 is 11.9 Å². The molecule has 1 aliphatic rings. The van der Waals surface area contributed by atoms with Gasteiger partial charge in [0.05, 0.1) is 25.4 Å². The Kier molecular flexibility index (Phi) is 65.7. The second kappa shape index (κ2) is 68.8. The maximum atomic E-state index is 13.5. The molecule has 11 nitrogen and oxygen atoms in total. The van der Waals surface area contributed by atoms with Gasteiger partial charge in [-0.05, 0) is 77.0 Å². The Bertz CT molecular complexity index is 1640. The van der Waals surface area contributed by atoms with Crippen LogP contribution in [0, 0.1) is 0 Å². The molecular weight excluding hydrogens is 1150 g/mol. The van der Waals surface area contributed by atoms with Crippen LogP contribution < -0.4 is 5.32 Å². The van der Waals surface area contributed by atoms with Crippen LogP contribution in [0.2, 0.25) is 0 Å². The zero-order valence-corrected chi connectivity index (χ0v) is 60.7. The predicted octanol–water partition coefficient (Wildman–Crippen LogP) is 21.7. The molecule has 8 atom stereocenters. The highest BCUT2D eigenvalue weighted by molar-refractivity contribution is 5.80. The molecule has 0 aliphatic carbocycles. The highest BCUT2D eigenvalue weighted by atomic mass is 16.7. The van der Waals surface area contributed by atoms with Crippen molar-refractivity contribution in [3.05, 3.63) is 36.5 Å². The van der Waals surface area contributed by atoms with E-state index in [1.807, 2.05) is 6.08 Å². The van der Waals surface area contributed by atoms with E-state index in [9.17, 15) is 35.1 Å². The van der Waals surface area contributed by atoms with Gasteiger partial charge in [0.1, 0.15) is 24.4 Å². The van der Waals surface area contributed by atoms with Gasteiger partial charge in [0.2, 0.25) is 5.91 Å². The van der Waals surface area contributed by atoms with Gasteiger partial charge in [0.15, 0.2) is 12.4 Å². The van der Waals surface area contributed by atoms with Gasteiger partial charge in [-0.15, -0.1) is 0 Å². The fourth-order valence-electron chi connectivity index (χ4n) is 12.9. The molecule has 1 rings (SSSR count). The summed E-state index contributed by atoms with van der Waals surface area (Å²) in [5.74, 6) is -1.17. The van der Waals surface area contributed by atoms with Crippen LogP contribution in [0.1, 0.15) is 406 Å². The van der Waals surface area contributed by atoms with Crippen LogP contribution in [-0.2, 0) is 23.8 Å². The molecule has 1 aliphatic heterocycles. The Morgan fingerprint density at radius 1 is 0.413 bits per heavy atom. The van der Waals surface area contributed by atoms with E-state index in [1.54, 1.807) is 6.08 Å². The lowest BCUT2D eigenvalue weighted by Gasteiger charge is -2.41. The topological polar surface area (TPSA) is 175 Å². The first-order chi connectivity index (χ1) is 45.2. The molecule has 92 heavy (non-hydrogen) atoms. The van der Waals surface area contributed by atoms with Crippen LogP contribution in [0.4, 0.5) is 0 Å². The van der Waals surface area contributed by atoms with E-state index < -0.39 is 67.4 Å². The molecular formula is C81H153NO10. The molecule has 0 bridgehead atoms. The van der Waals surface area contributed by atoms with Gasteiger partial charge in [0, 0.05) is 6.42 Å². The lowest BCUT2D eigenvalue weighted by Crippen LogP contribution is -2.61. The minimum Gasteiger partial charge on any atom is -0.454 e. The highest BCUT2D eigenvalue weighted by Crippen LogP contribution is 2.27. The third-order valence-corrected chi connectivity index (χ3v) is 19.3. The molecule has 1 fully saturated rings. The Hall–Kier alpha value is -2.12. The number of amides is 1. The number of hydrogen-bond donors (Lipinski definition) is 6. The first-order valence-corrected chi connectivity index (χ1v) is 40.3. The van der Waals surface area contributed by atoms with Gasteiger partial charge in [-0.3, -0.25) is 9.59 Å². The first kappa shape index (κ1) is 87.9. The molecule has 8 unspecified atom stereocenters. The average Bonchev–Trinajstić information content (AvgIpc) is 0.881. The zero-order chi connectivity index (χ0) is 66.7. The maximum Gasteiger partial charge on any atom is 0.306 e. The second-order valence-corrected chi connectivity index (χ2v) is 28.1. The molecule has 6 N–H and O–H groups in total. The van der Waals surface area contributed by atoms with Crippen LogP contribution in [0.3, 0.4) is 0 Å². The van der Waals surface area contributed by atoms with E-state index in [0.717, 1.165) is 57.8 Å². The SMILES string of the molecule is CCCCCCCC/C=C/CCCCCCCCCCCCCCCCCCC(O)C(=O)NC(COC1OC(CO)C(O)C(O)C1OC(=O)CCCCCCCCCCCCCCCCC/C=C/CCCCCCCC)C(O)/C=C/CCCCCCCCCCCC. The molecule has 11 heteroatoms. The van der Waals surface area contributed by atoms with E-state index in [2.05, 4.69) is 50.4 Å². The minimum atomic E-state index is -1.61. The highest BCUT2D eigenvalue weighted by Gasteiger charge is 2.47. The third kappa shape index (κ3) is 54.9. The summed E-state index contributed by atoms with van der Waals surface area (Å²) in [4.78, 5) is 26.8. The van der Waals surface area contributed by atoms with Crippen molar-refractivity contribution in [2.75, 3.05) is 13.2 Å². The molecule has 1 amide bonds. The van der Waals surface area contributed by atoms with Crippen LogP contribution in [-0.4, -0.2) is 99.6 Å². The van der Waals surface area contributed by atoms with Gasteiger partial charge >= 0.3 is 5.97 Å². The van der Waals surface area contributed by atoms with E-state index in [0.29, 0.717) is 19.3 Å². The van der Waals surface area contributed by atoms with Gasteiger partial charge in [-0.2, -0.15) is 0 Å². The van der Waals surface area contributed by atoms with Crippen LogP contribution in [0.15, 0.2) is 36.5 Å². The number of hydrogen-bond acceptors (Lipinski definition) is 10. The van der Waals surface area contributed by atoms with Crippen molar-refractivity contribution in [3.63, 3.8) is 0 Å². The van der Waals surface area contributed by atoms with Crippen LogP contribution in [0.5, 0.6) is 0 Å². The third-order valence-electron chi connectivity index (χ3n) is 19.3. The quantitative estimate of drug-likeness (QED) is 0.0195. The average molecular weight is 1300 g/mol. The number of rotatable bonds is 71. The number of ether oxygens (including phenoxy) is 3. The number of nitrogens with one attached hydrogen (secondary N) is 1. The molecule has 0 aromatic carbocycles. The molecule has 0 aromatic rings. The summed E-state index contributed by atoms with van der Waals surface area (Å²) in [7, 11) is 0. The maximum absolute atomic E-state index is 13.5. The molecule has 0 radical (unpaired) electrons. The second-order valence-electron chi connectivity index (χ2n) is 28.1. The summed E-state index contributed by atoms with van der Waals surface area (Å²) in [6.07, 6.45) is 76.4. The van der Waals surface area contributed by atoms with Crippen molar-refractivity contribution in [1.29, 1.82) is 0 Å². The Morgan fingerprint density at radius 3 is 1.05 bits per heavy atom. The number of carbonyl (C=O) groups excluding carboxylic acids is 2. The van der Waals surface area contributed by atoms with Gasteiger partial charge < -0.3 is 45.1 Å². The van der Waals surface area contributed by atoms with Crippen molar-refractivity contribution in [2.45, 2.75) is 455 Å². The summed E-state index contributed by atoms with van der Waals surface area (Å²) in [5, 5.41) is 57.4. The van der Waals surface area contributed by atoms with E-state index in [4.69, 9.17) is 14.2 Å². The van der Waals surface area contributed by atoms with E-state index in [-0.39, 0.29) is 13.0 Å². The van der Waals surface area contributed by atoms with E-state index in [1.165, 1.54) is 302 Å². The van der Waals surface area contributed by atoms with Gasteiger partial charge in [0.25, 0.3) is 0 Å². The number of allylic oxidation sites excluding steroid dienone is 5. The molecule has 0 aromatic heterocycles. The molecule has 1 heterocycles. The summed E-state index contributed by atoms with van der Waals surface area (Å²) in [6, 6.07) is -1.02. The molecule has 0 spiro atoms.